The Morgan fingerprint density at radius 3 is 2.57 bits per heavy atom. The second kappa shape index (κ2) is 9.31. The van der Waals surface area contributed by atoms with Crippen LogP contribution in [0.1, 0.15) is 36.9 Å². The van der Waals surface area contributed by atoms with Gasteiger partial charge in [-0.05, 0) is 55.2 Å². The summed E-state index contributed by atoms with van der Waals surface area (Å²) in [5.41, 5.74) is 2.15. The predicted octanol–water partition coefficient (Wildman–Crippen LogP) is 4.48. The lowest BCUT2D eigenvalue weighted by Gasteiger charge is -2.25. The van der Waals surface area contributed by atoms with Crippen molar-refractivity contribution in [1.29, 1.82) is 0 Å². The standard InChI is InChI=1S/C23H27NO4/c1-4-6-17-8-13-21(22(15-17)27-3)28-16-23(25)24-14-5-7-20(24)18-9-11-19(26-2)12-10-18/h4,6,8-13,15,20H,5,7,14,16H2,1-3H3/b6-4+. The molecule has 1 aliphatic heterocycles. The number of rotatable bonds is 7. The monoisotopic (exact) mass is 381 g/mol. The molecular formula is C23H27NO4. The van der Waals surface area contributed by atoms with Crippen molar-refractivity contribution in [2.75, 3.05) is 27.4 Å². The second-order valence-electron chi connectivity index (χ2n) is 6.72. The molecule has 0 radical (unpaired) electrons. The molecule has 1 aliphatic rings. The molecule has 0 spiro atoms. The number of ether oxygens (including phenoxy) is 3. The van der Waals surface area contributed by atoms with Crippen LogP contribution in [-0.2, 0) is 4.79 Å². The van der Waals surface area contributed by atoms with Crippen LogP contribution in [0.5, 0.6) is 17.2 Å². The first kappa shape index (κ1) is 19.8. The number of nitrogens with zero attached hydrogens (tertiary/aromatic N) is 1. The van der Waals surface area contributed by atoms with Crippen molar-refractivity contribution in [2.45, 2.75) is 25.8 Å². The molecule has 1 saturated heterocycles. The van der Waals surface area contributed by atoms with Crippen LogP contribution in [0.15, 0.2) is 48.5 Å². The van der Waals surface area contributed by atoms with Crippen molar-refractivity contribution >= 4 is 12.0 Å². The number of carbonyl (C=O) groups excluding carboxylic acids is 1. The summed E-state index contributed by atoms with van der Waals surface area (Å²) in [5, 5.41) is 0. The van der Waals surface area contributed by atoms with Crippen molar-refractivity contribution in [3.63, 3.8) is 0 Å². The molecule has 0 saturated carbocycles. The normalized spacial score (nSPS) is 16.4. The Bertz CT molecular complexity index is 829. The molecule has 28 heavy (non-hydrogen) atoms. The number of likely N-dealkylation sites (tertiary alicyclic amines) is 1. The van der Waals surface area contributed by atoms with Crippen LogP contribution in [0.4, 0.5) is 0 Å². The highest BCUT2D eigenvalue weighted by Crippen LogP contribution is 2.33. The zero-order valence-electron chi connectivity index (χ0n) is 16.7. The highest BCUT2D eigenvalue weighted by molar-refractivity contribution is 5.78. The van der Waals surface area contributed by atoms with Gasteiger partial charge in [-0.15, -0.1) is 0 Å². The number of hydrogen-bond acceptors (Lipinski definition) is 4. The van der Waals surface area contributed by atoms with Gasteiger partial charge in [-0.3, -0.25) is 4.79 Å². The molecule has 2 aromatic carbocycles. The van der Waals surface area contributed by atoms with Crippen molar-refractivity contribution < 1.29 is 19.0 Å². The van der Waals surface area contributed by atoms with Gasteiger partial charge in [-0.1, -0.05) is 30.4 Å². The van der Waals surface area contributed by atoms with Crippen LogP contribution >= 0.6 is 0 Å². The van der Waals surface area contributed by atoms with Crippen LogP contribution in [0.2, 0.25) is 0 Å². The van der Waals surface area contributed by atoms with Gasteiger partial charge in [0.2, 0.25) is 0 Å². The third-order valence-electron chi connectivity index (χ3n) is 4.97. The Kier molecular flexibility index (Phi) is 6.58. The van der Waals surface area contributed by atoms with Gasteiger partial charge in [0.1, 0.15) is 5.75 Å². The zero-order chi connectivity index (χ0) is 19.9. The molecule has 2 aromatic rings. The molecule has 1 unspecified atom stereocenters. The van der Waals surface area contributed by atoms with Crippen LogP contribution in [-0.4, -0.2) is 38.2 Å². The topological polar surface area (TPSA) is 48.0 Å². The third kappa shape index (κ3) is 4.47. The maximum absolute atomic E-state index is 12.8. The predicted molar refractivity (Wildman–Crippen MR) is 110 cm³/mol. The van der Waals surface area contributed by atoms with E-state index < -0.39 is 0 Å². The van der Waals surface area contributed by atoms with E-state index in [9.17, 15) is 4.79 Å². The fourth-order valence-corrected chi connectivity index (χ4v) is 3.56. The van der Waals surface area contributed by atoms with E-state index in [1.807, 2.05) is 66.4 Å². The molecule has 148 valence electrons. The van der Waals surface area contributed by atoms with Crippen LogP contribution in [0.25, 0.3) is 6.08 Å². The molecule has 3 rings (SSSR count). The van der Waals surface area contributed by atoms with Crippen molar-refractivity contribution in [2.24, 2.45) is 0 Å². The molecular weight excluding hydrogens is 354 g/mol. The van der Waals surface area contributed by atoms with Gasteiger partial charge < -0.3 is 19.1 Å². The lowest BCUT2D eigenvalue weighted by atomic mass is 10.0. The molecule has 1 atom stereocenters. The number of allylic oxidation sites excluding steroid dienone is 1. The lowest BCUT2D eigenvalue weighted by Crippen LogP contribution is -2.34. The Morgan fingerprint density at radius 2 is 1.89 bits per heavy atom. The summed E-state index contributed by atoms with van der Waals surface area (Å²) in [7, 11) is 3.25. The van der Waals surface area contributed by atoms with Gasteiger partial charge >= 0.3 is 0 Å². The van der Waals surface area contributed by atoms with E-state index >= 15 is 0 Å². The number of carbonyl (C=O) groups is 1. The summed E-state index contributed by atoms with van der Waals surface area (Å²) >= 11 is 0. The quantitative estimate of drug-likeness (QED) is 0.710. The van der Waals surface area contributed by atoms with Crippen LogP contribution in [0.3, 0.4) is 0 Å². The van der Waals surface area contributed by atoms with Crippen LogP contribution < -0.4 is 14.2 Å². The third-order valence-corrected chi connectivity index (χ3v) is 4.97. The number of benzene rings is 2. The van der Waals surface area contributed by atoms with Gasteiger partial charge in [0.25, 0.3) is 5.91 Å². The van der Waals surface area contributed by atoms with Gasteiger partial charge in [0.05, 0.1) is 20.3 Å². The van der Waals surface area contributed by atoms with E-state index in [0.29, 0.717) is 11.5 Å². The van der Waals surface area contributed by atoms with Crippen molar-refractivity contribution in [3.05, 3.63) is 59.7 Å². The van der Waals surface area contributed by atoms with Gasteiger partial charge in [0.15, 0.2) is 18.1 Å². The average Bonchev–Trinajstić information content (AvgIpc) is 3.22. The number of methoxy groups -OCH3 is 2. The van der Waals surface area contributed by atoms with Gasteiger partial charge in [-0.25, -0.2) is 0 Å². The number of amides is 1. The minimum absolute atomic E-state index is 0.00796. The van der Waals surface area contributed by atoms with Crippen LogP contribution in [0, 0.1) is 0 Å². The molecule has 0 aliphatic carbocycles. The van der Waals surface area contributed by atoms with E-state index in [1.165, 1.54) is 0 Å². The largest absolute Gasteiger partial charge is 0.497 e. The smallest absolute Gasteiger partial charge is 0.261 e. The summed E-state index contributed by atoms with van der Waals surface area (Å²) in [5.74, 6) is 2.00. The lowest BCUT2D eigenvalue weighted by molar-refractivity contribution is -0.134. The highest BCUT2D eigenvalue weighted by atomic mass is 16.5. The molecule has 1 heterocycles. The minimum atomic E-state index is -0.0158. The molecule has 0 aromatic heterocycles. The Labute approximate surface area is 166 Å². The second-order valence-corrected chi connectivity index (χ2v) is 6.72. The molecule has 0 bridgehead atoms. The van der Waals surface area contributed by atoms with Gasteiger partial charge in [0, 0.05) is 6.54 Å². The maximum atomic E-state index is 12.8. The minimum Gasteiger partial charge on any atom is -0.497 e. The SMILES string of the molecule is C/C=C/c1ccc(OCC(=O)N2CCCC2c2ccc(OC)cc2)c(OC)c1. The summed E-state index contributed by atoms with van der Waals surface area (Å²) in [6.45, 7) is 2.70. The number of hydrogen-bond donors (Lipinski definition) is 0. The van der Waals surface area contributed by atoms with Crippen molar-refractivity contribution in [1.82, 2.24) is 4.90 Å². The molecule has 1 amide bonds. The van der Waals surface area contributed by atoms with E-state index in [2.05, 4.69) is 0 Å². The van der Waals surface area contributed by atoms with E-state index in [1.54, 1.807) is 14.2 Å². The van der Waals surface area contributed by atoms with Gasteiger partial charge in [-0.2, -0.15) is 0 Å². The molecule has 1 fully saturated rings. The fourth-order valence-electron chi connectivity index (χ4n) is 3.56. The van der Waals surface area contributed by atoms with E-state index in [-0.39, 0.29) is 18.6 Å². The first-order valence-electron chi connectivity index (χ1n) is 9.53. The molecule has 0 N–H and O–H groups in total. The zero-order valence-corrected chi connectivity index (χ0v) is 16.7. The first-order chi connectivity index (χ1) is 13.7. The Balaban J connectivity index is 1.66. The summed E-state index contributed by atoms with van der Waals surface area (Å²) in [4.78, 5) is 14.7. The Morgan fingerprint density at radius 1 is 1.11 bits per heavy atom. The highest BCUT2D eigenvalue weighted by Gasteiger charge is 2.30. The molecule has 5 nitrogen and oxygen atoms in total. The summed E-state index contributed by atoms with van der Waals surface area (Å²) in [6.07, 6.45) is 5.90. The van der Waals surface area contributed by atoms with E-state index in [4.69, 9.17) is 14.2 Å². The summed E-state index contributed by atoms with van der Waals surface area (Å²) < 4.78 is 16.4. The maximum Gasteiger partial charge on any atom is 0.261 e. The fraction of sp³-hybridized carbons (Fsp3) is 0.348. The average molecular weight is 381 g/mol. The Hall–Kier alpha value is -2.95. The van der Waals surface area contributed by atoms with E-state index in [0.717, 1.165) is 36.3 Å². The molecule has 5 heteroatoms. The first-order valence-corrected chi connectivity index (χ1v) is 9.53. The van der Waals surface area contributed by atoms with Crippen molar-refractivity contribution in [3.8, 4) is 17.2 Å². The summed E-state index contributed by atoms with van der Waals surface area (Å²) in [6, 6.07) is 13.7.